The van der Waals surface area contributed by atoms with Gasteiger partial charge in [-0.25, -0.2) is 0 Å². The summed E-state index contributed by atoms with van der Waals surface area (Å²) in [6, 6.07) is 13.5. The zero-order valence-electron chi connectivity index (χ0n) is 11.0. The highest BCUT2D eigenvalue weighted by Gasteiger charge is 2.19. The molecule has 0 radical (unpaired) electrons. The second kappa shape index (κ2) is 7.06. The van der Waals surface area contributed by atoms with Crippen LogP contribution in [0.15, 0.2) is 30.3 Å². The third-order valence-electron chi connectivity index (χ3n) is 3.82. The molecule has 0 aliphatic heterocycles. The Morgan fingerprint density at radius 3 is 2.33 bits per heavy atom. The fraction of sp³-hybridized carbons (Fsp3) is 0.562. The monoisotopic (exact) mass is 242 g/mol. The fourth-order valence-electron chi connectivity index (χ4n) is 2.88. The third kappa shape index (κ3) is 3.50. The van der Waals surface area contributed by atoms with Crippen LogP contribution in [0.25, 0.3) is 0 Å². The SMILES string of the molecule is N#CCCN(c1ccccc1)C1CCCCCC1. The molecule has 0 atom stereocenters. The standard InChI is InChI=1S/C16H22N2/c17-13-8-14-18(16-11-6-3-7-12-16)15-9-4-1-2-5-10-15/h3,6-7,11-12,15H,1-2,4-5,8-10,14H2. The predicted octanol–water partition coefficient (Wildman–Crippen LogP) is 4.13. The van der Waals surface area contributed by atoms with E-state index < -0.39 is 0 Å². The molecule has 1 aromatic carbocycles. The molecule has 0 saturated heterocycles. The van der Waals surface area contributed by atoms with Crippen LogP contribution in [0.3, 0.4) is 0 Å². The number of para-hydroxylation sites is 1. The Balaban J connectivity index is 2.11. The number of rotatable bonds is 4. The molecule has 0 unspecified atom stereocenters. The van der Waals surface area contributed by atoms with Crippen molar-refractivity contribution in [3.63, 3.8) is 0 Å². The summed E-state index contributed by atoms with van der Waals surface area (Å²) in [5.41, 5.74) is 1.28. The first-order valence-corrected chi connectivity index (χ1v) is 7.10. The smallest absolute Gasteiger partial charge is 0.0640 e. The Hall–Kier alpha value is -1.49. The molecule has 2 rings (SSSR count). The second-order valence-electron chi connectivity index (χ2n) is 5.08. The number of anilines is 1. The van der Waals surface area contributed by atoms with Crippen LogP contribution in [0.2, 0.25) is 0 Å². The van der Waals surface area contributed by atoms with E-state index in [1.165, 1.54) is 44.2 Å². The van der Waals surface area contributed by atoms with Crippen molar-refractivity contribution < 1.29 is 0 Å². The molecule has 0 aromatic heterocycles. The van der Waals surface area contributed by atoms with Crippen LogP contribution in [0, 0.1) is 11.3 Å². The van der Waals surface area contributed by atoms with Gasteiger partial charge in [-0.2, -0.15) is 5.26 Å². The van der Waals surface area contributed by atoms with Crippen LogP contribution in [-0.4, -0.2) is 12.6 Å². The van der Waals surface area contributed by atoms with Crippen LogP contribution in [0.1, 0.15) is 44.9 Å². The minimum Gasteiger partial charge on any atom is -0.368 e. The van der Waals surface area contributed by atoms with Gasteiger partial charge in [-0.3, -0.25) is 0 Å². The first-order valence-electron chi connectivity index (χ1n) is 7.10. The number of hydrogen-bond acceptors (Lipinski definition) is 2. The minimum atomic E-state index is 0.616. The van der Waals surface area contributed by atoms with E-state index in [-0.39, 0.29) is 0 Å². The lowest BCUT2D eigenvalue weighted by Gasteiger charge is -2.32. The van der Waals surface area contributed by atoms with Gasteiger partial charge >= 0.3 is 0 Å². The molecule has 0 spiro atoms. The molecule has 1 fully saturated rings. The van der Waals surface area contributed by atoms with E-state index in [1.54, 1.807) is 0 Å². The Bertz CT molecular complexity index is 372. The van der Waals surface area contributed by atoms with Gasteiger partial charge in [0.2, 0.25) is 0 Å². The van der Waals surface area contributed by atoms with Crippen molar-refractivity contribution >= 4 is 5.69 Å². The van der Waals surface area contributed by atoms with E-state index in [1.807, 2.05) is 0 Å². The van der Waals surface area contributed by atoms with Gasteiger partial charge in [0.15, 0.2) is 0 Å². The lowest BCUT2D eigenvalue weighted by Crippen LogP contribution is -2.35. The first-order chi connectivity index (χ1) is 8.92. The molecular weight excluding hydrogens is 220 g/mol. The number of nitrogens with zero attached hydrogens (tertiary/aromatic N) is 2. The normalized spacial score (nSPS) is 16.8. The van der Waals surface area contributed by atoms with Gasteiger partial charge in [-0.1, -0.05) is 43.9 Å². The molecule has 2 heteroatoms. The highest BCUT2D eigenvalue weighted by molar-refractivity contribution is 5.47. The van der Waals surface area contributed by atoms with Crippen LogP contribution < -0.4 is 4.90 Å². The lowest BCUT2D eigenvalue weighted by atomic mass is 10.1. The molecule has 18 heavy (non-hydrogen) atoms. The van der Waals surface area contributed by atoms with Gasteiger partial charge in [-0.15, -0.1) is 0 Å². The third-order valence-corrected chi connectivity index (χ3v) is 3.82. The molecule has 1 aliphatic rings. The Kier molecular flexibility index (Phi) is 5.08. The van der Waals surface area contributed by atoms with Crippen molar-refractivity contribution in [2.24, 2.45) is 0 Å². The van der Waals surface area contributed by atoms with E-state index in [0.717, 1.165) is 6.54 Å². The van der Waals surface area contributed by atoms with Crippen molar-refractivity contribution in [3.05, 3.63) is 30.3 Å². The average molecular weight is 242 g/mol. The zero-order chi connectivity index (χ0) is 12.6. The number of benzene rings is 1. The van der Waals surface area contributed by atoms with Crippen LogP contribution in [-0.2, 0) is 0 Å². The maximum absolute atomic E-state index is 8.84. The number of nitriles is 1. The van der Waals surface area contributed by atoms with Gasteiger partial charge in [0, 0.05) is 18.3 Å². The Morgan fingerprint density at radius 2 is 1.72 bits per heavy atom. The van der Waals surface area contributed by atoms with E-state index >= 15 is 0 Å². The number of hydrogen-bond donors (Lipinski definition) is 0. The highest BCUT2D eigenvalue weighted by atomic mass is 15.2. The summed E-state index contributed by atoms with van der Waals surface area (Å²) < 4.78 is 0. The maximum Gasteiger partial charge on any atom is 0.0640 e. The molecule has 2 nitrogen and oxygen atoms in total. The van der Waals surface area contributed by atoms with Crippen molar-refractivity contribution in [2.45, 2.75) is 51.0 Å². The summed E-state index contributed by atoms with van der Waals surface area (Å²) in [4.78, 5) is 2.45. The van der Waals surface area contributed by atoms with Gasteiger partial charge in [0.1, 0.15) is 0 Å². The Morgan fingerprint density at radius 1 is 1.06 bits per heavy atom. The fourth-order valence-corrected chi connectivity index (χ4v) is 2.88. The molecular formula is C16H22N2. The minimum absolute atomic E-state index is 0.616. The van der Waals surface area contributed by atoms with E-state index in [4.69, 9.17) is 5.26 Å². The zero-order valence-corrected chi connectivity index (χ0v) is 11.0. The molecule has 0 amide bonds. The molecule has 96 valence electrons. The molecule has 0 bridgehead atoms. The summed E-state index contributed by atoms with van der Waals surface area (Å²) >= 11 is 0. The second-order valence-corrected chi connectivity index (χ2v) is 5.08. The Labute approximate surface area is 110 Å². The quantitative estimate of drug-likeness (QED) is 0.742. The molecule has 1 saturated carbocycles. The van der Waals surface area contributed by atoms with Gasteiger partial charge in [0.25, 0.3) is 0 Å². The maximum atomic E-state index is 8.84. The van der Waals surface area contributed by atoms with Gasteiger partial charge in [-0.05, 0) is 25.0 Å². The van der Waals surface area contributed by atoms with E-state index in [0.29, 0.717) is 12.5 Å². The lowest BCUT2D eigenvalue weighted by molar-refractivity contribution is 0.527. The van der Waals surface area contributed by atoms with Crippen molar-refractivity contribution in [2.75, 3.05) is 11.4 Å². The average Bonchev–Trinajstić information content (AvgIpc) is 2.70. The topological polar surface area (TPSA) is 27.0 Å². The summed E-state index contributed by atoms with van der Waals surface area (Å²) in [5, 5.41) is 8.84. The van der Waals surface area contributed by atoms with Crippen LogP contribution in [0.5, 0.6) is 0 Å². The molecule has 1 aromatic rings. The van der Waals surface area contributed by atoms with Gasteiger partial charge in [0.05, 0.1) is 12.5 Å². The molecule has 1 aliphatic carbocycles. The molecule has 0 heterocycles. The summed E-state index contributed by atoms with van der Waals surface area (Å²) in [6.07, 6.45) is 8.59. The summed E-state index contributed by atoms with van der Waals surface area (Å²) in [5.74, 6) is 0. The first kappa shape index (κ1) is 13.0. The largest absolute Gasteiger partial charge is 0.368 e. The summed E-state index contributed by atoms with van der Waals surface area (Å²) in [6.45, 7) is 0.866. The van der Waals surface area contributed by atoms with E-state index in [2.05, 4.69) is 41.3 Å². The molecule has 0 N–H and O–H groups in total. The summed E-state index contributed by atoms with van der Waals surface area (Å²) in [7, 11) is 0. The van der Waals surface area contributed by atoms with E-state index in [9.17, 15) is 0 Å². The predicted molar refractivity (Wildman–Crippen MR) is 75.5 cm³/mol. The van der Waals surface area contributed by atoms with Crippen molar-refractivity contribution in [1.29, 1.82) is 5.26 Å². The van der Waals surface area contributed by atoms with Crippen molar-refractivity contribution in [1.82, 2.24) is 0 Å². The highest BCUT2D eigenvalue weighted by Crippen LogP contribution is 2.26. The van der Waals surface area contributed by atoms with Gasteiger partial charge < -0.3 is 4.90 Å². The van der Waals surface area contributed by atoms with Crippen molar-refractivity contribution in [3.8, 4) is 6.07 Å². The van der Waals surface area contributed by atoms with Crippen LogP contribution in [0.4, 0.5) is 5.69 Å². The van der Waals surface area contributed by atoms with Crippen LogP contribution >= 0.6 is 0 Å².